The molecule has 0 aliphatic carbocycles. The van der Waals surface area contributed by atoms with Gasteiger partial charge in [-0.1, -0.05) is 20.3 Å². The van der Waals surface area contributed by atoms with Crippen molar-refractivity contribution in [2.45, 2.75) is 52.1 Å². The molecule has 0 saturated heterocycles. The van der Waals surface area contributed by atoms with Crippen molar-refractivity contribution < 1.29 is 9.84 Å². The lowest BCUT2D eigenvalue weighted by Gasteiger charge is -2.24. The molecule has 1 atom stereocenters. The van der Waals surface area contributed by atoms with Crippen LogP contribution >= 0.6 is 0 Å². The molecule has 0 radical (unpaired) electrons. The Morgan fingerprint density at radius 1 is 1.33 bits per heavy atom. The zero-order chi connectivity index (χ0) is 11.7. The molecule has 0 saturated carbocycles. The van der Waals surface area contributed by atoms with Crippen molar-refractivity contribution in [3.63, 3.8) is 0 Å². The van der Waals surface area contributed by atoms with E-state index in [1.807, 2.05) is 6.07 Å². The maximum atomic E-state index is 9.15. The van der Waals surface area contributed by atoms with Gasteiger partial charge in [0, 0.05) is 13.7 Å². The van der Waals surface area contributed by atoms with Gasteiger partial charge in [-0.2, -0.15) is 5.26 Å². The Hall–Kier alpha value is -0.590. The Morgan fingerprint density at radius 3 is 2.53 bits per heavy atom. The minimum absolute atomic E-state index is 0.214. The standard InChI is InChI=1S/C12H23NO2/c1-12(2,7-4-5-9-15-3)8-6-11(14)10-13/h11,14H,4-9H2,1-3H3. The van der Waals surface area contributed by atoms with E-state index in [4.69, 9.17) is 15.1 Å². The average molecular weight is 213 g/mol. The van der Waals surface area contributed by atoms with Crippen molar-refractivity contribution in [2.24, 2.45) is 5.41 Å². The quantitative estimate of drug-likeness (QED) is 0.498. The van der Waals surface area contributed by atoms with E-state index in [1.165, 1.54) is 0 Å². The van der Waals surface area contributed by atoms with Crippen molar-refractivity contribution in [3.8, 4) is 6.07 Å². The Bertz CT molecular complexity index is 196. The molecule has 0 bridgehead atoms. The van der Waals surface area contributed by atoms with E-state index >= 15 is 0 Å². The van der Waals surface area contributed by atoms with Crippen LogP contribution in [0.3, 0.4) is 0 Å². The molecule has 0 fully saturated rings. The maximum absolute atomic E-state index is 9.15. The molecule has 0 rings (SSSR count). The second-order valence-corrected chi connectivity index (χ2v) is 4.80. The zero-order valence-corrected chi connectivity index (χ0v) is 10.1. The van der Waals surface area contributed by atoms with Gasteiger partial charge in [0.05, 0.1) is 6.07 Å². The molecule has 3 nitrogen and oxygen atoms in total. The topological polar surface area (TPSA) is 53.2 Å². The monoisotopic (exact) mass is 213 g/mol. The van der Waals surface area contributed by atoms with Gasteiger partial charge >= 0.3 is 0 Å². The molecule has 0 spiro atoms. The summed E-state index contributed by atoms with van der Waals surface area (Å²) in [7, 11) is 1.72. The van der Waals surface area contributed by atoms with Crippen LogP contribution in [0.15, 0.2) is 0 Å². The van der Waals surface area contributed by atoms with Crippen LogP contribution in [-0.2, 0) is 4.74 Å². The third kappa shape index (κ3) is 8.41. The van der Waals surface area contributed by atoms with E-state index < -0.39 is 6.10 Å². The molecule has 1 unspecified atom stereocenters. The third-order valence-electron chi connectivity index (χ3n) is 2.70. The van der Waals surface area contributed by atoms with Crippen molar-refractivity contribution >= 4 is 0 Å². The molecular weight excluding hydrogens is 190 g/mol. The molecule has 88 valence electrons. The molecular formula is C12H23NO2. The fraction of sp³-hybridized carbons (Fsp3) is 0.917. The number of nitriles is 1. The number of aliphatic hydroxyl groups is 1. The van der Waals surface area contributed by atoms with E-state index in [0.29, 0.717) is 6.42 Å². The summed E-state index contributed by atoms with van der Waals surface area (Å²) in [4.78, 5) is 0. The summed E-state index contributed by atoms with van der Waals surface area (Å²) in [6.45, 7) is 5.19. The first-order chi connectivity index (χ1) is 7.02. The van der Waals surface area contributed by atoms with Crippen LogP contribution in [0.5, 0.6) is 0 Å². The number of ether oxygens (including phenoxy) is 1. The molecule has 0 aromatic carbocycles. The van der Waals surface area contributed by atoms with Crippen molar-refractivity contribution in [3.05, 3.63) is 0 Å². The molecule has 3 heteroatoms. The number of rotatable bonds is 8. The highest BCUT2D eigenvalue weighted by Gasteiger charge is 2.18. The zero-order valence-electron chi connectivity index (χ0n) is 10.1. The van der Waals surface area contributed by atoms with Crippen LogP contribution in [0.25, 0.3) is 0 Å². The van der Waals surface area contributed by atoms with Gasteiger partial charge in [0.25, 0.3) is 0 Å². The Morgan fingerprint density at radius 2 is 2.00 bits per heavy atom. The summed E-state index contributed by atoms with van der Waals surface area (Å²) in [5.41, 5.74) is 0.214. The lowest BCUT2D eigenvalue weighted by Crippen LogP contribution is -2.15. The minimum atomic E-state index is -0.803. The predicted molar refractivity (Wildman–Crippen MR) is 60.4 cm³/mol. The van der Waals surface area contributed by atoms with Crippen LogP contribution in [-0.4, -0.2) is 24.9 Å². The first kappa shape index (κ1) is 14.4. The fourth-order valence-electron chi connectivity index (χ4n) is 1.57. The summed E-state index contributed by atoms with van der Waals surface area (Å²) in [6.07, 6.45) is 4.02. The SMILES string of the molecule is COCCCCC(C)(C)CCC(O)C#N. The highest BCUT2D eigenvalue weighted by atomic mass is 16.5. The van der Waals surface area contributed by atoms with Gasteiger partial charge < -0.3 is 9.84 Å². The van der Waals surface area contributed by atoms with Gasteiger partial charge in [-0.05, 0) is 31.1 Å². The lowest BCUT2D eigenvalue weighted by atomic mass is 9.82. The summed E-state index contributed by atoms with van der Waals surface area (Å²) < 4.78 is 4.99. The van der Waals surface area contributed by atoms with Crippen LogP contribution < -0.4 is 0 Å². The molecule has 0 aromatic rings. The number of hydrogen-bond acceptors (Lipinski definition) is 3. The van der Waals surface area contributed by atoms with E-state index in [9.17, 15) is 0 Å². The Kier molecular flexibility index (Phi) is 7.37. The van der Waals surface area contributed by atoms with Crippen molar-refractivity contribution in [2.75, 3.05) is 13.7 Å². The van der Waals surface area contributed by atoms with E-state index in [0.717, 1.165) is 32.3 Å². The van der Waals surface area contributed by atoms with Gasteiger partial charge in [-0.25, -0.2) is 0 Å². The number of hydrogen-bond donors (Lipinski definition) is 1. The van der Waals surface area contributed by atoms with Crippen LogP contribution in [0.2, 0.25) is 0 Å². The molecule has 15 heavy (non-hydrogen) atoms. The van der Waals surface area contributed by atoms with Crippen LogP contribution in [0, 0.1) is 16.7 Å². The normalized spacial score (nSPS) is 13.5. The number of methoxy groups -OCH3 is 1. The number of unbranched alkanes of at least 4 members (excludes halogenated alkanes) is 1. The molecule has 0 aliphatic rings. The fourth-order valence-corrected chi connectivity index (χ4v) is 1.57. The Balaban J connectivity index is 3.63. The second-order valence-electron chi connectivity index (χ2n) is 4.80. The van der Waals surface area contributed by atoms with E-state index in [2.05, 4.69) is 13.8 Å². The van der Waals surface area contributed by atoms with Crippen LogP contribution in [0.4, 0.5) is 0 Å². The molecule has 0 aliphatic heterocycles. The Labute approximate surface area is 93.1 Å². The average Bonchev–Trinajstić information content (AvgIpc) is 2.21. The predicted octanol–water partition coefficient (Wildman–Crippen LogP) is 2.49. The smallest absolute Gasteiger partial charge is 0.140 e. The summed E-state index contributed by atoms with van der Waals surface area (Å²) >= 11 is 0. The van der Waals surface area contributed by atoms with E-state index in [-0.39, 0.29) is 5.41 Å². The molecule has 0 amide bonds. The van der Waals surface area contributed by atoms with Gasteiger partial charge in [0.15, 0.2) is 0 Å². The highest BCUT2D eigenvalue weighted by Crippen LogP contribution is 2.29. The molecule has 0 heterocycles. The van der Waals surface area contributed by atoms with Crippen molar-refractivity contribution in [1.82, 2.24) is 0 Å². The first-order valence-corrected chi connectivity index (χ1v) is 5.58. The van der Waals surface area contributed by atoms with Gasteiger partial charge in [-0.3, -0.25) is 0 Å². The number of aliphatic hydroxyl groups excluding tert-OH is 1. The maximum Gasteiger partial charge on any atom is 0.140 e. The van der Waals surface area contributed by atoms with Crippen molar-refractivity contribution in [1.29, 1.82) is 5.26 Å². The summed E-state index contributed by atoms with van der Waals surface area (Å²) in [5, 5.41) is 17.6. The second kappa shape index (κ2) is 7.67. The largest absolute Gasteiger partial charge is 0.385 e. The van der Waals surface area contributed by atoms with Gasteiger partial charge in [0.1, 0.15) is 6.10 Å². The highest BCUT2D eigenvalue weighted by molar-refractivity contribution is 4.83. The summed E-state index contributed by atoms with van der Waals surface area (Å²) in [6, 6.07) is 1.85. The summed E-state index contributed by atoms with van der Waals surface area (Å²) in [5.74, 6) is 0. The first-order valence-electron chi connectivity index (χ1n) is 5.58. The third-order valence-corrected chi connectivity index (χ3v) is 2.70. The van der Waals surface area contributed by atoms with Crippen LogP contribution in [0.1, 0.15) is 46.0 Å². The van der Waals surface area contributed by atoms with Gasteiger partial charge in [-0.15, -0.1) is 0 Å². The minimum Gasteiger partial charge on any atom is -0.385 e. The molecule has 0 aromatic heterocycles. The van der Waals surface area contributed by atoms with Gasteiger partial charge in [0.2, 0.25) is 0 Å². The van der Waals surface area contributed by atoms with E-state index in [1.54, 1.807) is 7.11 Å². The lowest BCUT2D eigenvalue weighted by molar-refractivity contribution is 0.169. The number of nitrogens with zero attached hydrogens (tertiary/aromatic N) is 1. The molecule has 1 N–H and O–H groups in total.